The van der Waals surface area contributed by atoms with E-state index in [1.54, 1.807) is 32.9 Å². The molecule has 36 heavy (non-hydrogen) atoms. The van der Waals surface area contributed by atoms with Gasteiger partial charge in [-0.2, -0.15) is 0 Å². The van der Waals surface area contributed by atoms with Crippen LogP contribution in [0.1, 0.15) is 47.9 Å². The lowest BCUT2D eigenvalue weighted by Crippen LogP contribution is -2.36. The standard InChI is InChI=1S/C27H28ClN3O5/c1-27(2,3)36-26(35)30-14-6-13-29-25(34)23(32)21-16-20(28)11-12-22(21)31-24(33)19-10-9-17-7-4-5-8-18(17)15-19/h4-5,7-12,15-16H,6,13-14H2,1-3H3,(H,29,34)(H,30,35)(H,31,33). The summed E-state index contributed by atoms with van der Waals surface area (Å²) in [7, 11) is 0. The summed E-state index contributed by atoms with van der Waals surface area (Å²) in [5, 5.41) is 9.94. The number of nitrogens with one attached hydrogen (secondary N) is 3. The molecule has 0 unspecified atom stereocenters. The fourth-order valence-corrected chi connectivity index (χ4v) is 3.51. The molecule has 3 aromatic rings. The molecule has 0 aromatic heterocycles. The van der Waals surface area contributed by atoms with E-state index in [1.165, 1.54) is 18.2 Å². The van der Waals surface area contributed by atoms with Gasteiger partial charge in [0.1, 0.15) is 5.60 Å². The van der Waals surface area contributed by atoms with E-state index in [2.05, 4.69) is 16.0 Å². The molecule has 8 nitrogen and oxygen atoms in total. The Hall–Kier alpha value is -3.91. The first kappa shape index (κ1) is 26.7. The van der Waals surface area contributed by atoms with E-state index in [0.717, 1.165) is 10.8 Å². The van der Waals surface area contributed by atoms with Gasteiger partial charge in [0, 0.05) is 23.7 Å². The predicted octanol–water partition coefficient (Wildman–Crippen LogP) is 4.96. The minimum absolute atomic E-state index is 0.0268. The number of Topliss-reactive ketones (excluding diaryl/α,β-unsaturated/α-hetero) is 1. The highest BCUT2D eigenvalue weighted by Crippen LogP contribution is 2.23. The van der Waals surface area contributed by atoms with Gasteiger partial charge in [0.2, 0.25) is 0 Å². The smallest absolute Gasteiger partial charge is 0.407 e. The molecule has 3 amide bonds. The fourth-order valence-electron chi connectivity index (χ4n) is 3.34. The molecule has 9 heteroatoms. The van der Waals surface area contributed by atoms with Gasteiger partial charge in [-0.15, -0.1) is 0 Å². The van der Waals surface area contributed by atoms with Crippen molar-refractivity contribution in [2.24, 2.45) is 0 Å². The molecule has 3 N–H and O–H groups in total. The van der Waals surface area contributed by atoms with E-state index < -0.39 is 29.3 Å². The van der Waals surface area contributed by atoms with Crippen LogP contribution >= 0.6 is 11.6 Å². The lowest BCUT2D eigenvalue weighted by atomic mass is 10.1. The topological polar surface area (TPSA) is 114 Å². The number of alkyl carbamates (subject to hydrolysis) is 1. The summed E-state index contributed by atoms with van der Waals surface area (Å²) in [6, 6.07) is 17.2. The van der Waals surface area contributed by atoms with Crippen LogP contribution in [0, 0.1) is 0 Å². The molecule has 0 spiro atoms. The molecule has 0 saturated heterocycles. The molecular weight excluding hydrogens is 482 g/mol. The minimum atomic E-state index is -0.851. The van der Waals surface area contributed by atoms with Crippen LogP contribution in [0.15, 0.2) is 60.7 Å². The summed E-state index contributed by atoms with van der Waals surface area (Å²) >= 11 is 6.06. The van der Waals surface area contributed by atoms with Crippen LogP contribution < -0.4 is 16.0 Å². The van der Waals surface area contributed by atoms with Crippen molar-refractivity contribution in [2.75, 3.05) is 18.4 Å². The average molecular weight is 510 g/mol. The number of rotatable bonds is 8. The maximum Gasteiger partial charge on any atom is 0.407 e. The van der Waals surface area contributed by atoms with Crippen LogP contribution in [-0.4, -0.2) is 42.4 Å². The average Bonchev–Trinajstić information content (AvgIpc) is 2.82. The highest BCUT2D eigenvalue weighted by atomic mass is 35.5. The van der Waals surface area contributed by atoms with Crippen LogP contribution in [0.4, 0.5) is 10.5 Å². The Kier molecular flexibility index (Phi) is 8.66. The van der Waals surface area contributed by atoms with Gasteiger partial charge in [0.25, 0.3) is 17.6 Å². The second-order valence-corrected chi connectivity index (χ2v) is 9.51. The quantitative estimate of drug-likeness (QED) is 0.225. The van der Waals surface area contributed by atoms with Gasteiger partial charge in [-0.3, -0.25) is 14.4 Å². The largest absolute Gasteiger partial charge is 0.444 e. The predicted molar refractivity (Wildman–Crippen MR) is 140 cm³/mol. The number of amides is 3. The lowest BCUT2D eigenvalue weighted by molar-refractivity contribution is -0.117. The SMILES string of the molecule is CC(C)(C)OC(=O)NCCCNC(=O)C(=O)c1cc(Cl)ccc1NC(=O)c1ccc2ccccc2c1. The van der Waals surface area contributed by atoms with E-state index in [0.29, 0.717) is 12.0 Å². The summed E-state index contributed by atoms with van der Waals surface area (Å²) in [4.78, 5) is 49.8. The number of hydrogen-bond acceptors (Lipinski definition) is 5. The van der Waals surface area contributed by atoms with Gasteiger partial charge in [-0.25, -0.2) is 4.79 Å². The van der Waals surface area contributed by atoms with Crippen molar-refractivity contribution in [2.45, 2.75) is 32.8 Å². The van der Waals surface area contributed by atoms with Gasteiger partial charge in [0.05, 0.1) is 11.3 Å². The number of carbonyl (C=O) groups excluding carboxylic acids is 4. The van der Waals surface area contributed by atoms with Crippen LogP contribution in [-0.2, 0) is 9.53 Å². The van der Waals surface area contributed by atoms with Crippen LogP contribution in [0.5, 0.6) is 0 Å². The third-order valence-electron chi connectivity index (χ3n) is 5.00. The van der Waals surface area contributed by atoms with E-state index in [1.807, 2.05) is 30.3 Å². The summed E-state index contributed by atoms with van der Waals surface area (Å²) < 4.78 is 5.13. The van der Waals surface area contributed by atoms with E-state index in [-0.39, 0.29) is 29.4 Å². The Bertz CT molecular complexity index is 1300. The zero-order chi connectivity index (χ0) is 26.3. The van der Waals surface area contributed by atoms with E-state index >= 15 is 0 Å². The van der Waals surface area contributed by atoms with Crippen molar-refractivity contribution < 1.29 is 23.9 Å². The Morgan fingerprint density at radius 2 is 1.56 bits per heavy atom. The number of ether oxygens (including phenoxy) is 1. The fraction of sp³-hybridized carbons (Fsp3) is 0.259. The highest BCUT2D eigenvalue weighted by Gasteiger charge is 2.21. The number of ketones is 1. The first-order chi connectivity index (χ1) is 17.0. The summed E-state index contributed by atoms with van der Waals surface area (Å²) in [5.41, 5.74) is -0.0577. The molecular formula is C27H28ClN3O5. The monoisotopic (exact) mass is 509 g/mol. The maximum atomic E-state index is 12.9. The molecule has 3 rings (SSSR count). The zero-order valence-electron chi connectivity index (χ0n) is 20.3. The van der Waals surface area contributed by atoms with E-state index in [9.17, 15) is 19.2 Å². The van der Waals surface area contributed by atoms with Gasteiger partial charge in [0.15, 0.2) is 0 Å². The molecule has 188 valence electrons. The molecule has 0 aliphatic heterocycles. The van der Waals surface area contributed by atoms with Crippen molar-refractivity contribution in [3.8, 4) is 0 Å². The Labute approximate surface area is 214 Å². The maximum absolute atomic E-state index is 12.9. The second kappa shape index (κ2) is 11.7. The van der Waals surface area contributed by atoms with Gasteiger partial charge < -0.3 is 20.7 Å². The third-order valence-corrected chi connectivity index (χ3v) is 5.23. The zero-order valence-corrected chi connectivity index (χ0v) is 21.1. The van der Waals surface area contributed by atoms with Crippen LogP contribution in [0.3, 0.4) is 0 Å². The Morgan fingerprint density at radius 3 is 2.28 bits per heavy atom. The molecule has 0 saturated carbocycles. The molecule has 0 radical (unpaired) electrons. The third kappa shape index (κ3) is 7.55. The summed E-state index contributed by atoms with van der Waals surface area (Å²) in [6.45, 7) is 5.68. The molecule has 0 aliphatic rings. The number of halogens is 1. The van der Waals surface area contributed by atoms with Gasteiger partial charge in [-0.05, 0) is 68.3 Å². The summed E-state index contributed by atoms with van der Waals surface area (Å²) in [5.74, 6) is -2.12. The molecule has 3 aromatic carbocycles. The number of carbonyl (C=O) groups is 4. The normalized spacial score (nSPS) is 11.0. The molecule has 0 aliphatic carbocycles. The van der Waals surface area contributed by atoms with Crippen molar-refractivity contribution in [3.63, 3.8) is 0 Å². The highest BCUT2D eigenvalue weighted by molar-refractivity contribution is 6.44. The molecule has 0 bridgehead atoms. The number of anilines is 1. The Morgan fingerprint density at radius 1 is 0.861 bits per heavy atom. The van der Waals surface area contributed by atoms with Crippen molar-refractivity contribution in [3.05, 3.63) is 76.8 Å². The molecule has 0 heterocycles. The summed E-state index contributed by atoms with van der Waals surface area (Å²) in [6.07, 6.45) is -0.171. The van der Waals surface area contributed by atoms with Crippen LogP contribution in [0.2, 0.25) is 5.02 Å². The van der Waals surface area contributed by atoms with Crippen molar-refractivity contribution in [1.29, 1.82) is 0 Å². The molecule has 0 atom stereocenters. The first-order valence-corrected chi connectivity index (χ1v) is 11.8. The van der Waals surface area contributed by atoms with Crippen LogP contribution in [0.25, 0.3) is 10.8 Å². The number of hydrogen-bond donors (Lipinski definition) is 3. The van der Waals surface area contributed by atoms with Crippen molar-refractivity contribution >= 4 is 51.8 Å². The molecule has 0 fully saturated rings. The number of benzene rings is 3. The minimum Gasteiger partial charge on any atom is -0.444 e. The second-order valence-electron chi connectivity index (χ2n) is 9.07. The first-order valence-electron chi connectivity index (χ1n) is 11.4. The van der Waals surface area contributed by atoms with Gasteiger partial charge >= 0.3 is 6.09 Å². The van der Waals surface area contributed by atoms with Crippen molar-refractivity contribution in [1.82, 2.24) is 10.6 Å². The lowest BCUT2D eigenvalue weighted by Gasteiger charge is -2.19. The van der Waals surface area contributed by atoms with Gasteiger partial charge in [-0.1, -0.05) is 41.9 Å². The van der Waals surface area contributed by atoms with E-state index in [4.69, 9.17) is 16.3 Å². The Balaban J connectivity index is 1.60. The number of fused-ring (bicyclic) bond motifs is 1.